The average molecular weight is 347 g/mol. The molecule has 1 unspecified atom stereocenters. The summed E-state index contributed by atoms with van der Waals surface area (Å²) in [5, 5.41) is 12.8. The van der Waals surface area contributed by atoms with Crippen LogP contribution >= 0.6 is 22.6 Å². The van der Waals surface area contributed by atoms with Crippen LogP contribution in [-0.2, 0) is 4.74 Å². The summed E-state index contributed by atoms with van der Waals surface area (Å²) in [6.45, 7) is 1.07. The second-order valence-corrected chi connectivity index (χ2v) is 5.35. The van der Waals surface area contributed by atoms with Crippen molar-refractivity contribution < 1.29 is 14.6 Å². The lowest BCUT2D eigenvalue weighted by Crippen LogP contribution is -2.43. The van der Waals surface area contributed by atoms with Crippen molar-refractivity contribution in [2.45, 2.75) is 12.0 Å². The van der Waals surface area contributed by atoms with Crippen molar-refractivity contribution in [3.05, 3.63) is 33.4 Å². The van der Waals surface area contributed by atoms with E-state index in [9.17, 15) is 9.90 Å². The van der Waals surface area contributed by atoms with Crippen LogP contribution in [0, 0.1) is 3.57 Å². The molecule has 1 aliphatic rings. The molecule has 1 saturated heterocycles. The second-order valence-electron chi connectivity index (χ2n) is 4.19. The van der Waals surface area contributed by atoms with E-state index in [0.29, 0.717) is 25.2 Å². The molecule has 2 N–H and O–H groups in total. The van der Waals surface area contributed by atoms with E-state index in [1.807, 2.05) is 18.2 Å². The normalized spacial score (nSPS) is 23.6. The summed E-state index contributed by atoms with van der Waals surface area (Å²) in [5.74, 6) is -0.157. The number of aliphatic hydroxyl groups is 1. The number of hydrogen-bond donors (Lipinski definition) is 2. The van der Waals surface area contributed by atoms with Gasteiger partial charge in [0.05, 0.1) is 12.2 Å². The Morgan fingerprint density at radius 1 is 1.53 bits per heavy atom. The van der Waals surface area contributed by atoms with Gasteiger partial charge in [0.25, 0.3) is 5.91 Å². The number of amides is 1. The highest BCUT2D eigenvalue weighted by Crippen LogP contribution is 2.17. The van der Waals surface area contributed by atoms with E-state index in [1.165, 1.54) is 0 Å². The zero-order chi connectivity index (χ0) is 12.3. The molecule has 4 nitrogen and oxygen atoms in total. The summed E-state index contributed by atoms with van der Waals surface area (Å²) in [6.07, 6.45) is 0.569. The first-order chi connectivity index (χ1) is 8.11. The fourth-order valence-corrected chi connectivity index (χ4v) is 2.35. The molecular formula is C12H14INO3. The molecule has 0 saturated carbocycles. The van der Waals surface area contributed by atoms with Gasteiger partial charge < -0.3 is 15.2 Å². The van der Waals surface area contributed by atoms with Crippen molar-refractivity contribution >= 4 is 28.5 Å². The average Bonchev–Trinajstić information content (AvgIpc) is 2.74. The lowest BCUT2D eigenvalue weighted by atomic mass is 10.0. The summed E-state index contributed by atoms with van der Waals surface area (Å²) in [5.41, 5.74) is -0.272. The van der Waals surface area contributed by atoms with Gasteiger partial charge in [0.2, 0.25) is 0 Å². The van der Waals surface area contributed by atoms with Gasteiger partial charge in [0.1, 0.15) is 5.60 Å². The number of benzene rings is 1. The highest BCUT2D eigenvalue weighted by Gasteiger charge is 2.32. The van der Waals surface area contributed by atoms with Gasteiger partial charge in [-0.1, -0.05) is 12.1 Å². The molecule has 0 bridgehead atoms. The number of carbonyl (C=O) groups excluding carboxylic acids is 1. The highest BCUT2D eigenvalue weighted by molar-refractivity contribution is 14.1. The summed E-state index contributed by atoms with van der Waals surface area (Å²) in [7, 11) is 0. The number of hydrogen-bond acceptors (Lipinski definition) is 3. The maximum absolute atomic E-state index is 11.9. The second kappa shape index (κ2) is 5.32. The molecule has 1 aromatic carbocycles. The SMILES string of the molecule is O=C(NCC1(O)CCOC1)c1ccccc1I. The molecule has 1 atom stereocenters. The molecule has 1 fully saturated rings. The molecule has 0 radical (unpaired) electrons. The lowest BCUT2D eigenvalue weighted by molar-refractivity contribution is 0.0264. The van der Waals surface area contributed by atoms with E-state index in [4.69, 9.17) is 4.74 Å². The first-order valence-corrected chi connectivity index (χ1v) is 6.51. The first kappa shape index (κ1) is 12.8. The Balaban J connectivity index is 1.96. The predicted molar refractivity (Wildman–Crippen MR) is 71.9 cm³/mol. The van der Waals surface area contributed by atoms with E-state index in [1.54, 1.807) is 6.07 Å². The van der Waals surface area contributed by atoms with Gasteiger partial charge in [0.15, 0.2) is 0 Å². The number of rotatable bonds is 3. The summed E-state index contributed by atoms with van der Waals surface area (Å²) in [6, 6.07) is 7.36. The van der Waals surface area contributed by atoms with Crippen LogP contribution in [0.2, 0.25) is 0 Å². The van der Waals surface area contributed by atoms with Gasteiger partial charge in [0, 0.05) is 23.1 Å². The van der Waals surface area contributed by atoms with Gasteiger partial charge in [-0.05, 0) is 34.7 Å². The van der Waals surface area contributed by atoms with Gasteiger partial charge in [-0.3, -0.25) is 4.79 Å². The Kier molecular flexibility index (Phi) is 4.01. The maximum atomic E-state index is 11.9. The Morgan fingerprint density at radius 3 is 2.94 bits per heavy atom. The standard InChI is InChI=1S/C12H14INO3/c13-10-4-2-1-3-9(10)11(15)14-7-12(16)5-6-17-8-12/h1-4,16H,5-8H2,(H,14,15). The van der Waals surface area contributed by atoms with E-state index in [-0.39, 0.29) is 12.5 Å². The van der Waals surface area contributed by atoms with Crippen LogP contribution in [0.3, 0.4) is 0 Å². The van der Waals surface area contributed by atoms with Crippen LogP contribution in [0.15, 0.2) is 24.3 Å². The topological polar surface area (TPSA) is 58.6 Å². The molecule has 17 heavy (non-hydrogen) atoms. The molecule has 0 aliphatic carbocycles. The Hall–Kier alpha value is -0.660. The van der Waals surface area contributed by atoms with Gasteiger partial charge in [-0.2, -0.15) is 0 Å². The molecule has 1 amide bonds. The van der Waals surface area contributed by atoms with Gasteiger partial charge in [-0.15, -0.1) is 0 Å². The minimum atomic E-state index is -0.907. The van der Waals surface area contributed by atoms with Crippen molar-refractivity contribution in [2.24, 2.45) is 0 Å². The van der Waals surface area contributed by atoms with E-state index < -0.39 is 5.60 Å². The number of carbonyl (C=O) groups is 1. The summed E-state index contributed by atoms with van der Waals surface area (Å²) >= 11 is 2.12. The van der Waals surface area contributed by atoms with E-state index in [2.05, 4.69) is 27.9 Å². The van der Waals surface area contributed by atoms with Crippen molar-refractivity contribution in [1.82, 2.24) is 5.32 Å². The van der Waals surface area contributed by atoms with Crippen LogP contribution < -0.4 is 5.32 Å². The fraction of sp³-hybridized carbons (Fsp3) is 0.417. The summed E-state index contributed by atoms with van der Waals surface area (Å²) in [4.78, 5) is 11.9. The number of halogens is 1. The van der Waals surface area contributed by atoms with Crippen LogP contribution in [-0.4, -0.2) is 36.4 Å². The maximum Gasteiger partial charge on any atom is 0.252 e. The molecule has 5 heteroatoms. The Bertz CT molecular complexity index is 416. The zero-order valence-corrected chi connectivity index (χ0v) is 11.4. The zero-order valence-electron chi connectivity index (χ0n) is 9.28. The fourth-order valence-electron chi connectivity index (χ4n) is 1.72. The smallest absolute Gasteiger partial charge is 0.252 e. The van der Waals surface area contributed by atoms with Crippen LogP contribution in [0.1, 0.15) is 16.8 Å². The summed E-state index contributed by atoms with van der Waals surface area (Å²) < 4.78 is 6.02. The Labute approximate surface area is 113 Å². The third-order valence-electron chi connectivity index (χ3n) is 2.78. The first-order valence-electron chi connectivity index (χ1n) is 5.44. The minimum Gasteiger partial charge on any atom is -0.386 e. The molecule has 0 spiro atoms. The van der Waals surface area contributed by atoms with Crippen molar-refractivity contribution in [3.63, 3.8) is 0 Å². The highest BCUT2D eigenvalue weighted by atomic mass is 127. The van der Waals surface area contributed by atoms with E-state index in [0.717, 1.165) is 3.57 Å². The molecule has 92 valence electrons. The van der Waals surface area contributed by atoms with Crippen molar-refractivity contribution in [2.75, 3.05) is 19.8 Å². The van der Waals surface area contributed by atoms with Crippen LogP contribution in [0.4, 0.5) is 0 Å². The molecule has 1 aromatic rings. The third-order valence-corrected chi connectivity index (χ3v) is 3.72. The largest absolute Gasteiger partial charge is 0.386 e. The lowest BCUT2D eigenvalue weighted by Gasteiger charge is -2.20. The van der Waals surface area contributed by atoms with Crippen molar-refractivity contribution in [1.29, 1.82) is 0 Å². The van der Waals surface area contributed by atoms with Crippen LogP contribution in [0.5, 0.6) is 0 Å². The monoisotopic (exact) mass is 347 g/mol. The van der Waals surface area contributed by atoms with Gasteiger partial charge >= 0.3 is 0 Å². The van der Waals surface area contributed by atoms with E-state index >= 15 is 0 Å². The quantitative estimate of drug-likeness (QED) is 0.808. The predicted octanol–water partition coefficient (Wildman–Crippen LogP) is 1.17. The molecule has 2 rings (SSSR count). The van der Waals surface area contributed by atoms with Crippen LogP contribution in [0.25, 0.3) is 0 Å². The third kappa shape index (κ3) is 3.17. The Morgan fingerprint density at radius 2 is 2.29 bits per heavy atom. The van der Waals surface area contributed by atoms with Gasteiger partial charge in [-0.25, -0.2) is 0 Å². The molecular weight excluding hydrogens is 333 g/mol. The molecule has 0 aromatic heterocycles. The number of nitrogens with one attached hydrogen (secondary N) is 1. The van der Waals surface area contributed by atoms with Crippen molar-refractivity contribution in [3.8, 4) is 0 Å². The molecule has 1 heterocycles. The molecule has 1 aliphatic heterocycles. The minimum absolute atomic E-state index is 0.157. The number of ether oxygens (including phenoxy) is 1.